The van der Waals surface area contributed by atoms with Crippen molar-refractivity contribution in [3.8, 4) is 5.75 Å². The minimum absolute atomic E-state index is 0.0184. The first kappa shape index (κ1) is 17.2. The molecule has 2 aromatic rings. The summed E-state index contributed by atoms with van der Waals surface area (Å²) < 4.78 is 11.5. The summed E-state index contributed by atoms with van der Waals surface area (Å²) in [6, 6.07) is 15.8. The Morgan fingerprint density at radius 3 is 2.75 bits per heavy atom. The fourth-order valence-electron chi connectivity index (χ4n) is 2.90. The zero-order valence-electron chi connectivity index (χ0n) is 13.5. The van der Waals surface area contributed by atoms with E-state index in [4.69, 9.17) is 26.2 Å². The molecule has 1 heterocycles. The van der Waals surface area contributed by atoms with Crippen LogP contribution in [-0.2, 0) is 11.3 Å². The highest BCUT2D eigenvalue weighted by atomic mass is 35.5. The molecule has 0 saturated carbocycles. The molecule has 5 heteroatoms. The van der Waals surface area contributed by atoms with Crippen LogP contribution >= 0.6 is 11.6 Å². The average molecular weight is 348 g/mol. The molecular formula is C19H22ClNO3. The lowest BCUT2D eigenvalue weighted by Gasteiger charge is -2.33. The minimum Gasteiger partial charge on any atom is -0.491 e. The highest BCUT2D eigenvalue weighted by molar-refractivity contribution is 6.30. The predicted molar refractivity (Wildman–Crippen MR) is 94.4 cm³/mol. The second kappa shape index (κ2) is 8.49. The molecule has 1 unspecified atom stereocenters. The first-order valence-corrected chi connectivity index (χ1v) is 8.55. The molecule has 0 radical (unpaired) electrons. The lowest BCUT2D eigenvalue weighted by molar-refractivity contribution is -0.0331. The summed E-state index contributed by atoms with van der Waals surface area (Å²) >= 11 is 5.96. The van der Waals surface area contributed by atoms with Crippen molar-refractivity contribution in [1.29, 1.82) is 0 Å². The molecular weight excluding hydrogens is 326 g/mol. The number of aliphatic hydroxyl groups is 1. The third-order valence-electron chi connectivity index (χ3n) is 4.11. The van der Waals surface area contributed by atoms with Crippen molar-refractivity contribution < 1.29 is 14.6 Å². The number of ether oxygens (including phenoxy) is 2. The quantitative estimate of drug-likeness (QED) is 0.870. The summed E-state index contributed by atoms with van der Waals surface area (Å²) in [7, 11) is 0. The van der Waals surface area contributed by atoms with Crippen molar-refractivity contribution in [2.24, 2.45) is 0 Å². The van der Waals surface area contributed by atoms with Crippen LogP contribution in [0.3, 0.4) is 0 Å². The topological polar surface area (TPSA) is 41.9 Å². The Balaban J connectivity index is 1.66. The Kier molecular flexibility index (Phi) is 6.10. The second-order valence-electron chi connectivity index (χ2n) is 5.83. The van der Waals surface area contributed by atoms with E-state index in [0.29, 0.717) is 13.2 Å². The van der Waals surface area contributed by atoms with Gasteiger partial charge in [0.1, 0.15) is 12.4 Å². The largest absolute Gasteiger partial charge is 0.491 e. The van der Waals surface area contributed by atoms with E-state index >= 15 is 0 Å². The summed E-state index contributed by atoms with van der Waals surface area (Å²) in [6.07, 6.45) is 0.0570. The van der Waals surface area contributed by atoms with Crippen LogP contribution in [0.5, 0.6) is 5.75 Å². The minimum atomic E-state index is 0.0184. The van der Waals surface area contributed by atoms with Gasteiger partial charge in [-0.2, -0.15) is 0 Å². The second-order valence-corrected chi connectivity index (χ2v) is 6.26. The molecule has 0 bridgehead atoms. The third kappa shape index (κ3) is 4.48. The molecule has 3 rings (SSSR count). The molecule has 2 aromatic carbocycles. The smallest absolute Gasteiger partial charge is 0.123 e. The zero-order valence-corrected chi connectivity index (χ0v) is 14.3. The van der Waals surface area contributed by atoms with Gasteiger partial charge in [-0.05, 0) is 23.8 Å². The summed E-state index contributed by atoms with van der Waals surface area (Å²) in [5.74, 6) is 0.834. The highest BCUT2D eigenvalue weighted by Gasteiger charge is 2.22. The maximum Gasteiger partial charge on any atom is 0.123 e. The third-order valence-corrected chi connectivity index (χ3v) is 4.36. The van der Waals surface area contributed by atoms with Crippen LogP contribution in [-0.4, -0.2) is 42.9 Å². The number of benzene rings is 2. The Labute approximate surface area is 147 Å². The van der Waals surface area contributed by atoms with Crippen molar-refractivity contribution in [3.63, 3.8) is 0 Å². The average Bonchev–Trinajstić information content (AvgIpc) is 2.62. The van der Waals surface area contributed by atoms with Gasteiger partial charge in [-0.25, -0.2) is 0 Å². The van der Waals surface area contributed by atoms with Gasteiger partial charge in [0.25, 0.3) is 0 Å². The molecule has 1 N–H and O–H groups in total. The lowest BCUT2D eigenvalue weighted by atomic mass is 10.1. The van der Waals surface area contributed by atoms with Crippen molar-refractivity contribution in [2.75, 3.05) is 32.9 Å². The number of halogens is 1. The van der Waals surface area contributed by atoms with E-state index < -0.39 is 0 Å². The summed E-state index contributed by atoms with van der Waals surface area (Å²) in [4.78, 5) is 2.36. The van der Waals surface area contributed by atoms with Crippen molar-refractivity contribution in [3.05, 3.63) is 64.7 Å². The summed E-state index contributed by atoms with van der Waals surface area (Å²) in [6.45, 7) is 3.55. The standard InChI is InChI=1S/C19H22ClNO3/c20-17-7-5-15(6-8-17)19-14-21(9-11-23-19)13-16-3-1-2-4-18(16)24-12-10-22/h1-8,19,22H,9-14H2. The lowest BCUT2D eigenvalue weighted by Crippen LogP contribution is -2.37. The molecule has 1 fully saturated rings. The molecule has 1 aliphatic rings. The van der Waals surface area contributed by atoms with Crippen LogP contribution in [0.1, 0.15) is 17.2 Å². The number of para-hydroxylation sites is 1. The van der Waals surface area contributed by atoms with Gasteiger partial charge >= 0.3 is 0 Å². The zero-order chi connectivity index (χ0) is 16.8. The van der Waals surface area contributed by atoms with Crippen molar-refractivity contribution >= 4 is 11.6 Å². The highest BCUT2D eigenvalue weighted by Crippen LogP contribution is 2.26. The molecule has 24 heavy (non-hydrogen) atoms. The van der Waals surface area contributed by atoms with E-state index in [0.717, 1.165) is 41.5 Å². The van der Waals surface area contributed by atoms with Crippen LogP contribution < -0.4 is 4.74 Å². The van der Waals surface area contributed by atoms with Gasteiger partial charge in [0, 0.05) is 30.2 Å². The maximum atomic E-state index is 8.96. The molecule has 0 aliphatic carbocycles. The number of hydrogen-bond donors (Lipinski definition) is 1. The van der Waals surface area contributed by atoms with Crippen LogP contribution in [0.25, 0.3) is 0 Å². The number of morpholine rings is 1. The van der Waals surface area contributed by atoms with Gasteiger partial charge < -0.3 is 14.6 Å². The van der Waals surface area contributed by atoms with Gasteiger partial charge in [0.05, 0.1) is 19.3 Å². The van der Waals surface area contributed by atoms with E-state index in [1.54, 1.807) is 0 Å². The van der Waals surface area contributed by atoms with Crippen LogP contribution in [0.4, 0.5) is 0 Å². The molecule has 1 aliphatic heterocycles. The Hall–Kier alpha value is -1.59. The fraction of sp³-hybridized carbons (Fsp3) is 0.368. The molecule has 1 atom stereocenters. The van der Waals surface area contributed by atoms with Gasteiger partial charge in [-0.3, -0.25) is 4.90 Å². The van der Waals surface area contributed by atoms with Gasteiger partial charge in [-0.15, -0.1) is 0 Å². The van der Waals surface area contributed by atoms with Crippen LogP contribution in [0.15, 0.2) is 48.5 Å². The number of rotatable bonds is 6. The Bertz CT molecular complexity index is 647. The summed E-state index contributed by atoms with van der Waals surface area (Å²) in [5, 5.41) is 9.70. The van der Waals surface area contributed by atoms with Gasteiger partial charge in [0.2, 0.25) is 0 Å². The Morgan fingerprint density at radius 1 is 1.17 bits per heavy atom. The van der Waals surface area contributed by atoms with Gasteiger partial charge in [0.15, 0.2) is 0 Å². The van der Waals surface area contributed by atoms with Crippen molar-refractivity contribution in [2.45, 2.75) is 12.6 Å². The SMILES string of the molecule is OCCOc1ccccc1CN1CCOC(c2ccc(Cl)cc2)C1. The number of nitrogens with zero attached hydrogens (tertiary/aromatic N) is 1. The van der Waals surface area contributed by atoms with Crippen molar-refractivity contribution in [1.82, 2.24) is 4.90 Å². The fourth-order valence-corrected chi connectivity index (χ4v) is 3.02. The van der Waals surface area contributed by atoms with Crippen LogP contribution in [0.2, 0.25) is 5.02 Å². The molecule has 4 nitrogen and oxygen atoms in total. The number of hydrogen-bond acceptors (Lipinski definition) is 4. The normalized spacial score (nSPS) is 18.5. The molecule has 128 valence electrons. The Morgan fingerprint density at radius 2 is 1.96 bits per heavy atom. The van der Waals surface area contributed by atoms with E-state index in [9.17, 15) is 0 Å². The van der Waals surface area contributed by atoms with E-state index in [1.165, 1.54) is 0 Å². The predicted octanol–water partition coefficient (Wildman–Crippen LogP) is 3.28. The van der Waals surface area contributed by atoms with E-state index in [1.807, 2.05) is 42.5 Å². The molecule has 0 spiro atoms. The molecule has 1 saturated heterocycles. The summed E-state index contributed by atoms with van der Waals surface area (Å²) in [5.41, 5.74) is 2.27. The first-order chi connectivity index (χ1) is 11.8. The maximum absolute atomic E-state index is 8.96. The number of aliphatic hydroxyl groups excluding tert-OH is 1. The van der Waals surface area contributed by atoms with E-state index in [-0.39, 0.29) is 12.7 Å². The van der Waals surface area contributed by atoms with Crippen LogP contribution in [0, 0.1) is 0 Å². The van der Waals surface area contributed by atoms with Gasteiger partial charge in [-0.1, -0.05) is 41.9 Å². The molecule has 0 amide bonds. The monoisotopic (exact) mass is 347 g/mol. The first-order valence-electron chi connectivity index (χ1n) is 8.17. The van der Waals surface area contributed by atoms with E-state index in [2.05, 4.69) is 11.0 Å². The molecule has 0 aromatic heterocycles.